The van der Waals surface area contributed by atoms with Crippen molar-refractivity contribution in [3.05, 3.63) is 23.2 Å². The van der Waals surface area contributed by atoms with E-state index in [1.807, 2.05) is 25.1 Å². The summed E-state index contributed by atoms with van der Waals surface area (Å²) in [6.45, 7) is 1.44. The maximum Gasteiger partial charge on any atom is 0.231 e. The van der Waals surface area contributed by atoms with Crippen LogP contribution in [0, 0.1) is 11.8 Å². The molecular weight excluding hydrogens is 368 g/mol. The number of hydrogen-bond donors (Lipinski definition) is 2. The van der Waals surface area contributed by atoms with E-state index in [4.69, 9.17) is 22.1 Å². The van der Waals surface area contributed by atoms with Crippen LogP contribution in [0.1, 0.15) is 12.8 Å². The highest BCUT2D eigenvalue weighted by molar-refractivity contribution is 6.31. The molecule has 4 atom stereocenters. The zero-order valence-corrected chi connectivity index (χ0v) is 16.3. The molecule has 2 bridgehead atoms. The first-order valence-corrected chi connectivity index (χ1v) is 9.68. The summed E-state index contributed by atoms with van der Waals surface area (Å²) < 4.78 is 6.20. The summed E-state index contributed by atoms with van der Waals surface area (Å²) in [5.74, 6) is -1.10. The van der Waals surface area contributed by atoms with E-state index < -0.39 is 17.4 Å². The highest BCUT2D eigenvalue weighted by Crippen LogP contribution is 2.55. The van der Waals surface area contributed by atoms with Crippen molar-refractivity contribution in [1.29, 1.82) is 0 Å². The smallest absolute Gasteiger partial charge is 0.231 e. The molecule has 3 aliphatic rings. The van der Waals surface area contributed by atoms with E-state index in [9.17, 15) is 9.59 Å². The first kappa shape index (κ1) is 18.5. The molecule has 3 saturated heterocycles. The molecule has 3 fully saturated rings. The standard InChI is InChI=1S/C19H25ClN4O3/c1-23(2)13-4-3-11(20)9-12(13)22-17(25)15-14-5-6-19(27-14)10-24(8-7-21)18(26)16(15)19/h3-4,9,14-16H,5-8,10,21H2,1-2H3,(H,22,25)/t14-,15-,16+,19-/m0/s1. The minimum absolute atomic E-state index is 0.0123. The molecule has 0 radical (unpaired) electrons. The van der Waals surface area contributed by atoms with Crippen LogP contribution < -0.4 is 16.0 Å². The third kappa shape index (κ3) is 2.88. The van der Waals surface area contributed by atoms with Crippen molar-refractivity contribution in [2.24, 2.45) is 17.6 Å². The van der Waals surface area contributed by atoms with Crippen LogP contribution >= 0.6 is 11.6 Å². The van der Waals surface area contributed by atoms with Gasteiger partial charge in [0.05, 0.1) is 41.5 Å². The van der Waals surface area contributed by atoms with E-state index in [0.717, 1.165) is 18.5 Å². The minimum Gasteiger partial charge on any atom is -0.376 e. The summed E-state index contributed by atoms with van der Waals surface area (Å²) in [4.78, 5) is 29.8. The molecule has 1 spiro atoms. The Morgan fingerprint density at radius 3 is 2.96 bits per heavy atom. The second kappa shape index (κ2) is 6.65. The van der Waals surface area contributed by atoms with Crippen LogP contribution in [0.15, 0.2) is 18.2 Å². The van der Waals surface area contributed by atoms with Gasteiger partial charge >= 0.3 is 0 Å². The third-order valence-corrected chi connectivity index (χ3v) is 6.24. The minimum atomic E-state index is -0.530. The van der Waals surface area contributed by atoms with Crippen LogP contribution in [0.5, 0.6) is 0 Å². The maximum absolute atomic E-state index is 13.2. The Bertz CT molecular complexity index is 786. The first-order valence-electron chi connectivity index (χ1n) is 9.31. The summed E-state index contributed by atoms with van der Waals surface area (Å²) in [6.07, 6.45) is 1.41. The van der Waals surface area contributed by atoms with Gasteiger partial charge in [-0.05, 0) is 31.0 Å². The fourth-order valence-electron chi connectivity index (χ4n) is 4.90. The topological polar surface area (TPSA) is 87.9 Å². The number of carbonyl (C=O) groups is 2. The molecule has 3 N–H and O–H groups in total. The largest absolute Gasteiger partial charge is 0.376 e. The van der Waals surface area contributed by atoms with E-state index in [1.165, 1.54) is 0 Å². The van der Waals surface area contributed by atoms with Crippen LogP contribution in [-0.2, 0) is 14.3 Å². The molecule has 2 amide bonds. The van der Waals surface area contributed by atoms with Gasteiger partial charge in [-0.15, -0.1) is 0 Å². The van der Waals surface area contributed by atoms with Gasteiger partial charge in [0, 0.05) is 32.2 Å². The van der Waals surface area contributed by atoms with Crippen LogP contribution in [-0.4, -0.2) is 62.1 Å². The number of nitrogens with zero attached hydrogens (tertiary/aromatic N) is 2. The molecule has 8 heteroatoms. The summed E-state index contributed by atoms with van der Waals surface area (Å²) in [5, 5.41) is 3.54. The van der Waals surface area contributed by atoms with Crippen molar-refractivity contribution < 1.29 is 14.3 Å². The molecule has 3 heterocycles. The first-order chi connectivity index (χ1) is 12.9. The van der Waals surface area contributed by atoms with Gasteiger partial charge in [0.25, 0.3) is 0 Å². The van der Waals surface area contributed by atoms with E-state index >= 15 is 0 Å². The number of likely N-dealkylation sites (tertiary alicyclic amines) is 1. The van der Waals surface area contributed by atoms with Gasteiger partial charge < -0.3 is 25.6 Å². The number of benzene rings is 1. The average Bonchev–Trinajstić information content (AvgIpc) is 3.23. The number of carbonyl (C=O) groups excluding carboxylic acids is 2. The summed E-state index contributed by atoms with van der Waals surface area (Å²) in [6, 6.07) is 5.38. The van der Waals surface area contributed by atoms with Crippen LogP contribution in [0.25, 0.3) is 0 Å². The average molecular weight is 393 g/mol. The van der Waals surface area contributed by atoms with E-state index in [2.05, 4.69) is 5.32 Å². The van der Waals surface area contributed by atoms with Crippen molar-refractivity contribution in [3.63, 3.8) is 0 Å². The quantitative estimate of drug-likeness (QED) is 0.788. The summed E-state index contributed by atoms with van der Waals surface area (Å²) in [5.41, 5.74) is 6.60. The normalized spacial score (nSPS) is 31.3. The van der Waals surface area contributed by atoms with E-state index in [1.54, 1.807) is 17.0 Å². The zero-order chi connectivity index (χ0) is 19.3. The Kier molecular flexibility index (Phi) is 4.56. The molecule has 1 aromatic carbocycles. The van der Waals surface area contributed by atoms with Gasteiger partial charge in [-0.2, -0.15) is 0 Å². The summed E-state index contributed by atoms with van der Waals surface area (Å²) >= 11 is 6.13. The highest BCUT2D eigenvalue weighted by atomic mass is 35.5. The Morgan fingerprint density at radius 1 is 1.48 bits per heavy atom. The van der Waals surface area contributed by atoms with Crippen LogP contribution in [0.2, 0.25) is 5.02 Å². The Hall–Kier alpha value is -1.83. The third-order valence-electron chi connectivity index (χ3n) is 6.00. The molecule has 7 nitrogen and oxygen atoms in total. The lowest BCUT2D eigenvalue weighted by Gasteiger charge is -2.27. The van der Waals surface area contributed by atoms with Gasteiger partial charge in [0.2, 0.25) is 11.8 Å². The number of anilines is 2. The Morgan fingerprint density at radius 2 is 2.26 bits per heavy atom. The SMILES string of the molecule is CN(C)c1ccc(Cl)cc1NC(=O)[C@H]1[C@@H]2CC[C@@]3(CN(CCN)C(=O)[C@@H]13)O2. The number of nitrogens with one attached hydrogen (secondary N) is 1. The molecule has 146 valence electrons. The Labute approximate surface area is 163 Å². The number of ether oxygens (including phenoxy) is 1. The van der Waals surface area contributed by atoms with Crippen LogP contribution in [0.4, 0.5) is 11.4 Å². The lowest BCUT2D eigenvalue weighted by Crippen LogP contribution is -2.43. The molecule has 3 aliphatic heterocycles. The van der Waals surface area contributed by atoms with Gasteiger partial charge in [0.1, 0.15) is 0 Å². The molecule has 4 rings (SSSR count). The number of halogens is 1. The number of hydrogen-bond acceptors (Lipinski definition) is 5. The lowest BCUT2D eigenvalue weighted by molar-refractivity contribution is -0.136. The molecule has 0 aliphatic carbocycles. The fourth-order valence-corrected chi connectivity index (χ4v) is 5.07. The molecule has 0 aromatic heterocycles. The second-order valence-electron chi connectivity index (χ2n) is 7.86. The number of fused-ring (bicyclic) bond motifs is 1. The molecule has 0 unspecified atom stereocenters. The lowest BCUT2D eigenvalue weighted by atomic mass is 9.73. The number of nitrogens with two attached hydrogens (primary N) is 1. The van der Waals surface area contributed by atoms with E-state index in [-0.39, 0.29) is 17.9 Å². The predicted molar refractivity (Wildman–Crippen MR) is 104 cm³/mol. The van der Waals surface area contributed by atoms with Crippen molar-refractivity contribution in [3.8, 4) is 0 Å². The van der Waals surface area contributed by atoms with Crippen molar-refractivity contribution in [1.82, 2.24) is 4.90 Å². The van der Waals surface area contributed by atoms with Crippen molar-refractivity contribution >= 4 is 34.8 Å². The predicted octanol–water partition coefficient (Wildman–Crippen LogP) is 1.31. The van der Waals surface area contributed by atoms with Gasteiger partial charge in [-0.1, -0.05) is 11.6 Å². The maximum atomic E-state index is 13.2. The van der Waals surface area contributed by atoms with E-state index in [0.29, 0.717) is 30.3 Å². The second-order valence-corrected chi connectivity index (χ2v) is 8.29. The van der Waals surface area contributed by atoms with Crippen molar-refractivity contribution in [2.45, 2.75) is 24.5 Å². The van der Waals surface area contributed by atoms with Gasteiger partial charge in [0.15, 0.2) is 0 Å². The van der Waals surface area contributed by atoms with Gasteiger partial charge in [-0.25, -0.2) is 0 Å². The molecular formula is C19H25ClN4O3. The monoisotopic (exact) mass is 392 g/mol. The number of amides is 2. The zero-order valence-electron chi connectivity index (χ0n) is 15.6. The fraction of sp³-hybridized carbons (Fsp3) is 0.579. The Balaban J connectivity index is 1.60. The summed E-state index contributed by atoms with van der Waals surface area (Å²) in [7, 11) is 3.81. The van der Waals surface area contributed by atoms with Crippen LogP contribution in [0.3, 0.4) is 0 Å². The van der Waals surface area contributed by atoms with Gasteiger partial charge in [-0.3, -0.25) is 9.59 Å². The molecule has 1 aromatic rings. The molecule has 0 saturated carbocycles. The highest BCUT2D eigenvalue weighted by Gasteiger charge is 2.68. The molecule has 27 heavy (non-hydrogen) atoms. The number of rotatable bonds is 5. The van der Waals surface area contributed by atoms with Crippen molar-refractivity contribution in [2.75, 3.05) is 43.9 Å².